The third kappa shape index (κ3) is 4.26. The fraction of sp³-hybridized carbons (Fsp3) is 0. The minimum atomic E-state index is 0.904. The van der Waals surface area contributed by atoms with Crippen molar-refractivity contribution in [3.8, 4) is 44.0 Å². The lowest BCUT2D eigenvalue weighted by Crippen LogP contribution is -1.79. The predicted octanol–water partition coefficient (Wildman–Crippen LogP) is 13.9. The minimum absolute atomic E-state index is 0.904. The van der Waals surface area contributed by atoms with Gasteiger partial charge in [0.15, 0.2) is 0 Å². The van der Waals surface area contributed by atoms with Gasteiger partial charge in [-0.15, -0.1) is 34.0 Å². The van der Waals surface area contributed by atoms with Gasteiger partial charge in [0, 0.05) is 40.7 Å². The maximum Gasteiger partial charge on any atom is 0.135 e. The Hall–Kier alpha value is -5.00. The molecule has 10 rings (SSSR count). The fourth-order valence-corrected chi connectivity index (χ4v) is 10.3. The molecule has 46 heavy (non-hydrogen) atoms. The molecule has 216 valence electrons. The fourth-order valence-electron chi connectivity index (χ4n) is 6.52. The molecule has 4 heteroatoms. The van der Waals surface area contributed by atoms with E-state index >= 15 is 0 Å². The normalized spacial score (nSPS) is 11.9. The molecular weight excluding hydrogens is 617 g/mol. The van der Waals surface area contributed by atoms with E-state index in [1.54, 1.807) is 0 Å². The molecule has 0 fully saturated rings. The third-order valence-corrected chi connectivity index (χ3v) is 12.6. The van der Waals surface area contributed by atoms with Gasteiger partial charge in [-0.05, 0) is 69.6 Å². The number of hydrogen-bond donors (Lipinski definition) is 0. The molecule has 0 spiro atoms. The van der Waals surface area contributed by atoms with Gasteiger partial charge in [-0.2, -0.15) is 0 Å². The number of hydrogen-bond acceptors (Lipinski definition) is 4. The van der Waals surface area contributed by atoms with Gasteiger partial charge in [0.1, 0.15) is 11.3 Å². The molecule has 0 aliphatic carbocycles. The lowest BCUT2D eigenvalue weighted by atomic mass is 10.0. The van der Waals surface area contributed by atoms with Crippen molar-refractivity contribution in [3.63, 3.8) is 0 Å². The van der Waals surface area contributed by atoms with E-state index in [9.17, 15) is 0 Å². The number of furan rings is 1. The highest BCUT2D eigenvalue weighted by molar-refractivity contribution is 7.36. The van der Waals surface area contributed by atoms with E-state index in [0.29, 0.717) is 0 Å². The van der Waals surface area contributed by atoms with Gasteiger partial charge >= 0.3 is 0 Å². The highest BCUT2D eigenvalue weighted by atomic mass is 32.1. The summed E-state index contributed by atoms with van der Waals surface area (Å²) in [5.74, 6) is 0.904. The number of fused-ring (bicyclic) bond motifs is 7. The summed E-state index contributed by atoms with van der Waals surface area (Å²) in [6.45, 7) is 0. The Kier molecular flexibility index (Phi) is 5.85. The van der Waals surface area contributed by atoms with Crippen molar-refractivity contribution in [2.45, 2.75) is 0 Å². The summed E-state index contributed by atoms with van der Waals surface area (Å²) in [4.78, 5) is 1.32. The predicted molar refractivity (Wildman–Crippen MR) is 202 cm³/mol. The average molecular weight is 641 g/mol. The van der Waals surface area contributed by atoms with Gasteiger partial charge in [0.2, 0.25) is 0 Å². The Morgan fingerprint density at radius 1 is 0.370 bits per heavy atom. The Morgan fingerprint density at radius 3 is 1.54 bits per heavy atom. The molecule has 0 saturated heterocycles. The zero-order valence-electron chi connectivity index (χ0n) is 24.5. The highest BCUT2D eigenvalue weighted by Crippen LogP contribution is 2.46. The van der Waals surface area contributed by atoms with Crippen LogP contribution in [-0.4, -0.2) is 0 Å². The van der Waals surface area contributed by atoms with Crippen LogP contribution >= 0.6 is 34.0 Å². The van der Waals surface area contributed by atoms with Crippen molar-refractivity contribution in [2.75, 3.05) is 0 Å². The minimum Gasteiger partial charge on any atom is -0.456 e. The van der Waals surface area contributed by atoms with Crippen molar-refractivity contribution >= 4 is 84.6 Å². The molecule has 0 N–H and O–H groups in total. The van der Waals surface area contributed by atoms with Crippen LogP contribution in [0.15, 0.2) is 150 Å². The van der Waals surface area contributed by atoms with Crippen molar-refractivity contribution in [2.24, 2.45) is 0 Å². The van der Waals surface area contributed by atoms with Crippen molar-refractivity contribution in [1.29, 1.82) is 0 Å². The molecule has 0 atom stereocenters. The quantitative estimate of drug-likeness (QED) is 0.187. The van der Waals surface area contributed by atoms with Crippen LogP contribution in [0, 0.1) is 0 Å². The van der Waals surface area contributed by atoms with Gasteiger partial charge in [0.25, 0.3) is 0 Å². The van der Waals surface area contributed by atoms with E-state index in [4.69, 9.17) is 4.42 Å². The van der Waals surface area contributed by atoms with E-state index in [2.05, 4.69) is 127 Å². The number of benzene rings is 6. The summed E-state index contributed by atoms with van der Waals surface area (Å²) in [5, 5.41) is 5.14. The summed E-state index contributed by atoms with van der Waals surface area (Å²) in [6, 6.07) is 52.8. The van der Waals surface area contributed by atoms with E-state index in [1.165, 1.54) is 72.4 Å². The van der Waals surface area contributed by atoms with Gasteiger partial charge < -0.3 is 4.42 Å². The van der Waals surface area contributed by atoms with Crippen LogP contribution in [0.4, 0.5) is 0 Å². The third-order valence-electron chi connectivity index (χ3n) is 8.94. The largest absolute Gasteiger partial charge is 0.456 e. The van der Waals surface area contributed by atoms with Crippen molar-refractivity contribution < 1.29 is 4.42 Å². The van der Waals surface area contributed by atoms with E-state index in [-0.39, 0.29) is 0 Å². The molecular formula is C42H24OS3. The highest BCUT2D eigenvalue weighted by Gasteiger charge is 2.15. The lowest BCUT2D eigenvalue weighted by molar-refractivity contribution is 0.631. The maximum atomic E-state index is 6.08. The second-order valence-electron chi connectivity index (χ2n) is 11.7. The van der Waals surface area contributed by atoms with Crippen LogP contribution in [0.25, 0.3) is 94.6 Å². The molecule has 0 saturated carbocycles. The standard InChI is InChI=1S/C42H24OS3/c1-3-7-35-31(5-1)21-36(43-35)27-13-9-25(10-14-27)29-17-19-33-39(22-29)45-42-34-20-18-30(23-40(34)46-41(33)42)26-11-15-28(16-12-26)38-24-32-6-2-4-8-37(32)44-38/h1-24H. The topological polar surface area (TPSA) is 13.1 Å². The number of thiophene rings is 3. The molecule has 0 radical (unpaired) electrons. The van der Waals surface area contributed by atoms with Crippen LogP contribution in [0.3, 0.4) is 0 Å². The van der Waals surface area contributed by atoms with Crippen molar-refractivity contribution in [3.05, 3.63) is 146 Å². The summed E-state index contributed by atoms with van der Waals surface area (Å²) in [6.07, 6.45) is 0. The molecule has 0 unspecified atom stereocenters. The summed E-state index contributed by atoms with van der Waals surface area (Å²) in [7, 11) is 0. The average Bonchev–Trinajstić information content (AvgIpc) is 3.89. The van der Waals surface area contributed by atoms with Gasteiger partial charge in [0.05, 0.1) is 9.40 Å². The molecule has 6 aromatic carbocycles. The van der Waals surface area contributed by atoms with Crippen LogP contribution in [0.5, 0.6) is 0 Å². The Bertz CT molecular complexity index is 2480. The van der Waals surface area contributed by atoms with Crippen molar-refractivity contribution in [1.82, 2.24) is 0 Å². The van der Waals surface area contributed by atoms with E-state index in [0.717, 1.165) is 22.3 Å². The van der Waals surface area contributed by atoms with E-state index < -0.39 is 0 Å². The first-order valence-corrected chi connectivity index (χ1v) is 17.8. The van der Waals surface area contributed by atoms with Crippen LogP contribution in [0.2, 0.25) is 0 Å². The molecule has 4 heterocycles. The van der Waals surface area contributed by atoms with Gasteiger partial charge in [-0.3, -0.25) is 0 Å². The lowest BCUT2D eigenvalue weighted by Gasteiger charge is -2.04. The smallest absolute Gasteiger partial charge is 0.135 e. The Balaban J connectivity index is 0.950. The number of rotatable bonds is 4. The van der Waals surface area contributed by atoms with Crippen LogP contribution in [0.1, 0.15) is 0 Å². The molecule has 4 aromatic heterocycles. The molecule has 1 nitrogen and oxygen atoms in total. The first-order chi connectivity index (χ1) is 22.7. The zero-order valence-corrected chi connectivity index (χ0v) is 26.9. The summed E-state index contributed by atoms with van der Waals surface area (Å²) in [5.41, 5.74) is 8.26. The molecule has 0 aliphatic rings. The van der Waals surface area contributed by atoms with Crippen LogP contribution < -0.4 is 0 Å². The first kappa shape index (κ1) is 26.2. The van der Waals surface area contributed by atoms with Crippen LogP contribution in [-0.2, 0) is 0 Å². The zero-order chi connectivity index (χ0) is 30.2. The van der Waals surface area contributed by atoms with E-state index in [1.807, 2.05) is 52.2 Å². The summed E-state index contributed by atoms with van der Waals surface area (Å²) >= 11 is 5.68. The number of para-hydroxylation sites is 1. The van der Waals surface area contributed by atoms with Gasteiger partial charge in [-0.1, -0.05) is 109 Å². The molecule has 0 amide bonds. The van der Waals surface area contributed by atoms with Gasteiger partial charge in [-0.25, -0.2) is 0 Å². The first-order valence-electron chi connectivity index (χ1n) is 15.3. The maximum absolute atomic E-state index is 6.08. The Morgan fingerprint density at radius 2 is 0.913 bits per heavy atom. The SMILES string of the molecule is c1ccc2oc(-c3ccc(-c4ccc5c(c4)sc4c6ccc(-c7ccc(-c8cc9ccccc9s8)cc7)cc6sc54)cc3)cc2c1. The second kappa shape index (κ2) is 10.3. The summed E-state index contributed by atoms with van der Waals surface area (Å²) < 4.78 is 12.9. The molecule has 0 bridgehead atoms. The molecule has 0 aliphatic heterocycles. The second-order valence-corrected chi connectivity index (χ2v) is 14.9. The Labute approximate surface area is 277 Å². The monoisotopic (exact) mass is 640 g/mol. The molecule has 10 aromatic rings.